The molecule has 0 aromatic heterocycles. The van der Waals surface area contributed by atoms with E-state index in [2.05, 4.69) is 0 Å². The first-order valence-electron chi connectivity index (χ1n) is 4.30. The average molecular weight is 250 g/mol. The summed E-state index contributed by atoms with van der Waals surface area (Å²) in [7, 11) is -3.65. The third kappa shape index (κ3) is 4.61. The van der Waals surface area contributed by atoms with Gasteiger partial charge in [-0.25, -0.2) is 13.6 Å². The lowest BCUT2D eigenvalue weighted by Crippen LogP contribution is -2.28. The molecule has 0 bridgehead atoms. The smallest absolute Gasteiger partial charge is 0.211 e. The van der Waals surface area contributed by atoms with Crippen LogP contribution in [-0.4, -0.2) is 25.4 Å². The first-order chi connectivity index (χ1) is 6.88. The lowest BCUT2D eigenvalue weighted by molar-refractivity contribution is 0.198. The molecule has 0 aliphatic heterocycles. The van der Waals surface area contributed by atoms with Crippen molar-refractivity contribution in [2.45, 2.75) is 12.5 Å². The SMILES string of the molecule is NS(=O)(=O)CC(O)Cc1ccccc1Cl. The van der Waals surface area contributed by atoms with Gasteiger partial charge in [0.25, 0.3) is 0 Å². The molecule has 0 spiro atoms. The Bertz CT molecular complexity index is 433. The maximum atomic E-state index is 10.7. The summed E-state index contributed by atoms with van der Waals surface area (Å²) in [6, 6.07) is 6.94. The fourth-order valence-corrected chi connectivity index (χ4v) is 2.11. The number of hydrogen-bond acceptors (Lipinski definition) is 3. The van der Waals surface area contributed by atoms with Crippen molar-refractivity contribution in [3.05, 3.63) is 34.9 Å². The number of rotatable bonds is 4. The molecular formula is C9H12ClNO3S. The fraction of sp³-hybridized carbons (Fsp3) is 0.333. The quantitative estimate of drug-likeness (QED) is 0.817. The van der Waals surface area contributed by atoms with E-state index in [1.54, 1.807) is 24.3 Å². The van der Waals surface area contributed by atoms with Gasteiger partial charge in [0.1, 0.15) is 0 Å². The number of hydrogen-bond donors (Lipinski definition) is 2. The van der Waals surface area contributed by atoms with Crippen molar-refractivity contribution < 1.29 is 13.5 Å². The number of primary sulfonamides is 1. The van der Waals surface area contributed by atoms with E-state index in [0.29, 0.717) is 10.6 Å². The van der Waals surface area contributed by atoms with Crippen molar-refractivity contribution in [2.24, 2.45) is 5.14 Å². The summed E-state index contributed by atoms with van der Waals surface area (Å²) in [5, 5.41) is 14.8. The molecule has 0 saturated carbocycles. The van der Waals surface area contributed by atoms with Gasteiger partial charge in [-0.2, -0.15) is 0 Å². The molecule has 15 heavy (non-hydrogen) atoms. The van der Waals surface area contributed by atoms with Crippen molar-refractivity contribution in [2.75, 3.05) is 5.75 Å². The normalized spacial score (nSPS) is 13.8. The molecule has 0 amide bonds. The van der Waals surface area contributed by atoms with Crippen LogP contribution >= 0.6 is 11.6 Å². The monoisotopic (exact) mass is 249 g/mol. The highest BCUT2D eigenvalue weighted by molar-refractivity contribution is 7.89. The molecule has 4 nitrogen and oxygen atoms in total. The van der Waals surface area contributed by atoms with Crippen molar-refractivity contribution in [3.63, 3.8) is 0 Å². The summed E-state index contributed by atoms with van der Waals surface area (Å²) in [6.07, 6.45) is -0.851. The summed E-state index contributed by atoms with van der Waals surface area (Å²) >= 11 is 5.85. The molecule has 1 atom stereocenters. The highest BCUT2D eigenvalue weighted by atomic mass is 35.5. The summed E-state index contributed by atoms with van der Waals surface area (Å²) in [4.78, 5) is 0. The van der Waals surface area contributed by atoms with E-state index in [0.717, 1.165) is 0 Å². The van der Waals surface area contributed by atoms with Crippen LogP contribution in [0.15, 0.2) is 24.3 Å². The first kappa shape index (κ1) is 12.4. The zero-order chi connectivity index (χ0) is 11.5. The third-order valence-corrected chi connectivity index (χ3v) is 3.06. The van der Waals surface area contributed by atoms with E-state index >= 15 is 0 Å². The van der Waals surface area contributed by atoms with Gasteiger partial charge < -0.3 is 5.11 Å². The van der Waals surface area contributed by atoms with Gasteiger partial charge in [-0.05, 0) is 11.6 Å². The van der Waals surface area contributed by atoms with Gasteiger partial charge in [0.15, 0.2) is 0 Å². The zero-order valence-corrected chi connectivity index (χ0v) is 9.50. The van der Waals surface area contributed by atoms with E-state index in [-0.39, 0.29) is 6.42 Å². The van der Waals surface area contributed by atoms with Crippen LogP contribution in [0.25, 0.3) is 0 Å². The number of aliphatic hydroxyl groups excluding tert-OH is 1. The van der Waals surface area contributed by atoms with E-state index in [4.69, 9.17) is 16.7 Å². The van der Waals surface area contributed by atoms with E-state index < -0.39 is 21.9 Å². The molecule has 1 aromatic carbocycles. The topological polar surface area (TPSA) is 80.4 Å². The molecule has 0 fully saturated rings. The van der Waals surface area contributed by atoms with Crippen molar-refractivity contribution >= 4 is 21.6 Å². The van der Waals surface area contributed by atoms with Crippen LogP contribution in [0.2, 0.25) is 5.02 Å². The molecule has 1 aromatic rings. The molecule has 6 heteroatoms. The first-order valence-corrected chi connectivity index (χ1v) is 6.40. The minimum Gasteiger partial charge on any atom is -0.392 e. The summed E-state index contributed by atoms with van der Waals surface area (Å²) in [6.45, 7) is 0. The van der Waals surface area contributed by atoms with Crippen LogP contribution in [0.5, 0.6) is 0 Å². The predicted molar refractivity (Wildman–Crippen MR) is 59.1 cm³/mol. The van der Waals surface area contributed by atoms with Gasteiger partial charge in [-0.3, -0.25) is 0 Å². The van der Waals surface area contributed by atoms with Crippen LogP contribution in [-0.2, 0) is 16.4 Å². The summed E-state index contributed by atoms with van der Waals surface area (Å²) in [5.74, 6) is -0.460. The second kappa shape index (κ2) is 4.94. The standard InChI is InChI=1S/C9H12ClNO3S/c10-9-4-2-1-3-7(9)5-8(12)6-15(11,13)14/h1-4,8,12H,5-6H2,(H2,11,13,14). The third-order valence-electron chi connectivity index (χ3n) is 1.84. The number of benzene rings is 1. The van der Waals surface area contributed by atoms with Gasteiger partial charge >= 0.3 is 0 Å². The second-order valence-electron chi connectivity index (χ2n) is 3.28. The van der Waals surface area contributed by atoms with Gasteiger partial charge in [-0.15, -0.1) is 0 Å². The van der Waals surface area contributed by atoms with Gasteiger partial charge in [0.2, 0.25) is 10.0 Å². The molecule has 0 radical (unpaired) electrons. The Balaban J connectivity index is 2.67. The fourth-order valence-electron chi connectivity index (χ4n) is 1.24. The molecule has 84 valence electrons. The Hall–Kier alpha value is -0.620. The summed E-state index contributed by atoms with van der Waals surface area (Å²) in [5.41, 5.74) is 0.704. The number of aliphatic hydroxyl groups is 1. The molecule has 0 aliphatic rings. The van der Waals surface area contributed by atoms with Crippen LogP contribution < -0.4 is 5.14 Å². The van der Waals surface area contributed by atoms with Gasteiger partial charge in [0.05, 0.1) is 11.9 Å². The van der Waals surface area contributed by atoms with Crippen LogP contribution in [0.3, 0.4) is 0 Å². The number of sulfonamides is 1. The molecular weight excluding hydrogens is 238 g/mol. The number of nitrogens with two attached hydrogens (primary N) is 1. The molecule has 0 heterocycles. The minimum atomic E-state index is -3.65. The Kier molecular flexibility index (Phi) is 4.10. The van der Waals surface area contributed by atoms with Gasteiger partial charge in [0, 0.05) is 11.4 Å². The van der Waals surface area contributed by atoms with E-state index in [9.17, 15) is 13.5 Å². The predicted octanol–water partition coefficient (Wildman–Crippen LogP) is 0.532. The Morgan fingerprint density at radius 1 is 1.40 bits per heavy atom. The van der Waals surface area contributed by atoms with Crippen molar-refractivity contribution in [1.82, 2.24) is 0 Å². The number of halogens is 1. The molecule has 0 aliphatic carbocycles. The lowest BCUT2D eigenvalue weighted by atomic mass is 10.1. The highest BCUT2D eigenvalue weighted by Crippen LogP contribution is 2.16. The minimum absolute atomic E-state index is 0.177. The van der Waals surface area contributed by atoms with Crippen LogP contribution in [0.4, 0.5) is 0 Å². The zero-order valence-electron chi connectivity index (χ0n) is 7.93. The largest absolute Gasteiger partial charge is 0.392 e. The Morgan fingerprint density at radius 3 is 2.53 bits per heavy atom. The van der Waals surface area contributed by atoms with Crippen molar-refractivity contribution in [3.8, 4) is 0 Å². The molecule has 1 unspecified atom stereocenters. The maximum Gasteiger partial charge on any atom is 0.211 e. The van der Waals surface area contributed by atoms with Crippen molar-refractivity contribution in [1.29, 1.82) is 0 Å². The van der Waals surface area contributed by atoms with Gasteiger partial charge in [-0.1, -0.05) is 29.8 Å². The lowest BCUT2D eigenvalue weighted by Gasteiger charge is -2.10. The van der Waals surface area contributed by atoms with Crippen LogP contribution in [0, 0.1) is 0 Å². The second-order valence-corrected chi connectivity index (χ2v) is 5.35. The maximum absolute atomic E-state index is 10.7. The Morgan fingerprint density at radius 2 is 2.00 bits per heavy atom. The molecule has 1 rings (SSSR count). The Labute approximate surface area is 93.7 Å². The molecule has 0 saturated heterocycles. The molecule has 3 N–H and O–H groups in total. The van der Waals surface area contributed by atoms with E-state index in [1.807, 2.05) is 0 Å². The average Bonchev–Trinajstić information content (AvgIpc) is 2.05. The summed E-state index contributed by atoms with van der Waals surface area (Å²) < 4.78 is 21.4. The van der Waals surface area contributed by atoms with Crippen LogP contribution in [0.1, 0.15) is 5.56 Å². The van der Waals surface area contributed by atoms with E-state index in [1.165, 1.54) is 0 Å². The highest BCUT2D eigenvalue weighted by Gasteiger charge is 2.14.